The van der Waals surface area contributed by atoms with Gasteiger partial charge < -0.3 is 10.5 Å². The summed E-state index contributed by atoms with van der Waals surface area (Å²) in [5.41, 5.74) is 8.22. The molecule has 0 aliphatic carbocycles. The van der Waals surface area contributed by atoms with E-state index in [1.165, 1.54) is 0 Å². The number of aromatic nitrogens is 4. The molecule has 1 aromatic heterocycles. The van der Waals surface area contributed by atoms with Crippen LogP contribution in [0.25, 0.3) is 11.4 Å². The normalized spacial score (nSPS) is 11.8. The Morgan fingerprint density at radius 2 is 2.11 bits per heavy atom. The summed E-state index contributed by atoms with van der Waals surface area (Å²) in [5.74, 6) is 0.704. The number of hydrogen-bond acceptors (Lipinski definition) is 5. The van der Waals surface area contributed by atoms with Crippen molar-refractivity contribution in [3.8, 4) is 11.4 Å². The number of hydrogen-bond donors (Lipinski definition) is 1. The lowest BCUT2D eigenvalue weighted by Crippen LogP contribution is -2.30. The minimum absolute atomic E-state index is 0.335. The summed E-state index contributed by atoms with van der Waals surface area (Å²) in [7, 11) is 1.68. The van der Waals surface area contributed by atoms with E-state index in [1.54, 1.807) is 11.8 Å². The van der Waals surface area contributed by atoms with Gasteiger partial charge in [0.15, 0.2) is 5.82 Å². The minimum Gasteiger partial charge on any atom is -0.399 e. The fourth-order valence-electron chi connectivity index (χ4n) is 1.81. The van der Waals surface area contributed by atoms with Crippen LogP contribution in [-0.2, 0) is 11.3 Å². The van der Waals surface area contributed by atoms with Gasteiger partial charge in [-0.15, -0.1) is 5.10 Å². The molecule has 2 N–H and O–H groups in total. The zero-order valence-electron chi connectivity index (χ0n) is 11.7. The Morgan fingerprint density at radius 1 is 1.37 bits per heavy atom. The second kappa shape index (κ2) is 4.97. The molecular formula is C13H19N5O. The van der Waals surface area contributed by atoms with E-state index in [4.69, 9.17) is 10.5 Å². The van der Waals surface area contributed by atoms with Crippen LogP contribution < -0.4 is 5.73 Å². The van der Waals surface area contributed by atoms with Crippen molar-refractivity contribution in [2.45, 2.75) is 32.9 Å². The van der Waals surface area contributed by atoms with Crippen LogP contribution >= 0.6 is 0 Å². The summed E-state index contributed by atoms with van der Waals surface area (Å²) in [6.07, 6.45) is 0. The lowest BCUT2D eigenvalue weighted by atomic mass is 10.1. The molecule has 1 heterocycles. The molecule has 0 aliphatic rings. The maximum Gasteiger partial charge on any atom is 0.182 e. The van der Waals surface area contributed by atoms with Gasteiger partial charge in [-0.1, -0.05) is 6.07 Å². The molecule has 0 saturated heterocycles. The van der Waals surface area contributed by atoms with Gasteiger partial charge in [-0.2, -0.15) is 0 Å². The summed E-state index contributed by atoms with van der Waals surface area (Å²) in [5, 5.41) is 11.9. The van der Waals surface area contributed by atoms with Crippen molar-refractivity contribution in [3.63, 3.8) is 0 Å². The first-order valence-corrected chi connectivity index (χ1v) is 6.11. The van der Waals surface area contributed by atoms with Gasteiger partial charge in [0, 0.05) is 18.4 Å². The Bertz CT molecular complexity index is 576. The first-order chi connectivity index (χ1) is 8.93. The first kappa shape index (κ1) is 13.5. The average Bonchev–Trinajstić information content (AvgIpc) is 2.79. The van der Waals surface area contributed by atoms with E-state index < -0.39 is 0 Å². The molecule has 0 amide bonds. The summed E-state index contributed by atoms with van der Waals surface area (Å²) in [6.45, 7) is 6.56. The number of nitrogens with two attached hydrogens (primary N) is 1. The molecule has 6 nitrogen and oxygen atoms in total. The van der Waals surface area contributed by atoms with Crippen LogP contribution in [0, 0.1) is 6.92 Å². The molecule has 102 valence electrons. The van der Waals surface area contributed by atoms with Gasteiger partial charge in [0.1, 0.15) is 0 Å². The molecule has 2 aromatic rings. The highest BCUT2D eigenvalue weighted by atomic mass is 16.5. The van der Waals surface area contributed by atoms with Crippen molar-refractivity contribution in [2.24, 2.45) is 0 Å². The van der Waals surface area contributed by atoms with E-state index in [0.717, 1.165) is 11.1 Å². The lowest BCUT2D eigenvalue weighted by molar-refractivity contribution is 0.00538. The molecule has 0 unspecified atom stereocenters. The molecule has 1 aromatic carbocycles. The number of methoxy groups -OCH3 is 1. The van der Waals surface area contributed by atoms with Gasteiger partial charge in [0.25, 0.3) is 0 Å². The van der Waals surface area contributed by atoms with Crippen molar-refractivity contribution >= 4 is 5.69 Å². The quantitative estimate of drug-likeness (QED) is 0.847. The van der Waals surface area contributed by atoms with Gasteiger partial charge in [-0.3, -0.25) is 0 Å². The fraction of sp³-hybridized carbons (Fsp3) is 0.462. The Hall–Kier alpha value is -1.95. The predicted molar refractivity (Wildman–Crippen MR) is 73.5 cm³/mol. The minimum atomic E-state index is -0.335. The second-order valence-corrected chi connectivity index (χ2v) is 5.20. The topological polar surface area (TPSA) is 78.8 Å². The molecule has 0 saturated carbocycles. The number of nitrogen functional groups attached to an aromatic ring is 1. The predicted octanol–water partition coefficient (Wildman–Crippen LogP) is 1.66. The van der Waals surface area contributed by atoms with Gasteiger partial charge in [0.05, 0.1) is 12.1 Å². The number of tetrazole rings is 1. The third kappa shape index (κ3) is 2.90. The standard InChI is InChI=1S/C13H19N5O/c1-9-5-6-10(14)7-11(9)12-15-16-17-18(12)8-13(2,3)19-4/h5-7H,8,14H2,1-4H3. The molecule has 2 rings (SSSR count). The van der Waals surface area contributed by atoms with E-state index in [-0.39, 0.29) is 5.60 Å². The summed E-state index contributed by atoms with van der Waals surface area (Å²) < 4.78 is 7.16. The van der Waals surface area contributed by atoms with Crippen LogP contribution in [0.3, 0.4) is 0 Å². The maximum atomic E-state index is 5.83. The van der Waals surface area contributed by atoms with E-state index >= 15 is 0 Å². The highest BCUT2D eigenvalue weighted by molar-refractivity contribution is 5.65. The SMILES string of the molecule is COC(C)(C)Cn1nnnc1-c1cc(N)ccc1C. The maximum absolute atomic E-state index is 5.83. The van der Waals surface area contributed by atoms with Crippen LogP contribution in [0.4, 0.5) is 5.69 Å². The number of benzene rings is 1. The molecule has 0 bridgehead atoms. The lowest BCUT2D eigenvalue weighted by Gasteiger charge is -2.22. The van der Waals surface area contributed by atoms with Gasteiger partial charge in [-0.25, -0.2) is 4.68 Å². The molecule has 6 heteroatoms. The zero-order valence-corrected chi connectivity index (χ0v) is 11.7. The Balaban J connectivity index is 2.42. The van der Waals surface area contributed by atoms with Crippen LogP contribution in [0.15, 0.2) is 18.2 Å². The molecule has 0 fully saturated rings. The molecule has 0 radical (unpaired) electrons. The molecule has 19 heavy (non-hydrogen) atoms. The van der Waals surface area contributed by atoms with Crippen LogP contribution in [-0.4, -0.2) is 32.9 Å². The number of ether oxygens (including phenoxy) is 1. The Labute approximate surface area is 112 Å². The number of nitrogens with zero attached hydrogens (tertiary/aromatic N) is 4. The Morgan fingerprint density at radius 3 is 2.79 bits per heavy atom. The van der Waals surface area contributed by atoms with Crippen molar-refractivity contribution in [1.29, 1.82) is 0 Å². The average molecular weight is 261 g/mol. The highest BCUT2D eigenvalue weighted by Gasteiger charge is 2.21. The smallest absolute Gasteiger partial charge is 0.182 e. The summed E-state index contributed by atoms with van der Waals surface area (Å²) in [6, 6.07) is 5.72. The van der Waals surface area contributed by atoms with Gasteiger partial charge >= 0.3 is 0 Å². The van der Waals surface area contributed by atoms with Crippen molar-refractivity contribution < 1.29 is 4.74 Å². The van der Waals surface area contributed by atoms with Gasteiger partial charge in [-0.05, 0) is 48.9 Å². The molecular weight excluding hydrogens is 242 g/mol. The summed E-state index contributed by atoms with van der Waals surface area (Å²) >= 11 is 0. The molecule has 0 spiro atoms. The number of anilines is 1. The van der Waals surface area contributed by atoms with Gasteiger partial charge in [0.2, 0.25) is 0 Å². The largest absolute Gasteiger partial charge is 0.399 e. The van der Waals surface area contributed by atoms with E-state index in [9.17, 15) is 0 Å². The monoisotopic (exact) mass is 261 g/mol. The van der Waals surface area contributed by atoms with E-state index in [1.807, 2.05) is 39.0 Å². The van der Waals surface area contributed by atoms with Crippen LogP contribution in [0.2, 0.25) is 0 Å². The van der Waals surface area contributed by atoms with Crippen molar-refractivity contribution in [3.05, 3.63) is 23.8 Å². The first-order valence-electron chi connectivity index (χ1n) is 6.11. The number of aryl methyl sites for hydroxylation is 1. The number of rotatable bonds is 4. The highest BCUT2D eigenvalue weighted by Crippen LogP contribution is 2.24. The fourth-order valence-corrected chi connectivity index (χ4v) is 1.81. The van der Waals surface area contributed by atoms with E-state index in [2.05, 4.69) is 15.5 Å². The van der Waals surface area contributed by atoms with E-state index in [0.29, 0.717) is 18.1 Å². The van der Waals surface area contributed by atoms with Crippen LogP contribution in [0.1, 0.15) is 19.4 Å². The van der Waals surface area contributed by atoms with Crippen molar-refractivity contribution in [1.82, 2.24) is 20.2 Å². The van der Waals surface area contributed by atoms with Crippen molar-refractivity contribution in [2.75, 3.05) is 12.8 Å². The third-order valence-corrected chi connectivity index (χ3v) is 3.12. The second-order valence-electron chi connectivity index (χ2n) is 5.20. The summed E-state index contributed by atoms with van der Waals surface area (Å²) in [4.78, 5) is 0. The zero-order chi connectivity index (χ0) is 14.0. The van der Waals surface area contributed by atoms with Crippen LogP contribution in [0.5, 0.6) is 0 Å². The Kier molecular flexibility index (Phi) is 3.53. The third-order valence-electron chi connectivity index (χ3n) is 3.12. The molecule has 0 aliphatic heterocycles. The molecule has 0 atom stereocenters.